The summed E-state index contributed by atoms with van der Waals surface area (Å²) in [6.45, 7) is 1.93. The van der Waals surface area contributed by atoms with Gasteiger partial charge >= 0.3 is 12.2 Å². The molecule has 4 amide bonds. The first-order chi connectivity index (χ1) is 25.0. The van der Waals surface area contributed by atoms with Gasteiger partial charge in [0.15, 0.2) is 5.69 Å². The van der Waals surface area contributed by atoms with Crippen molar-refractivity contribution in [2.45, 2.75) is 80.5 Å². The number of aromatic nitrogens is 2. The number of allylic oxidation sites excluding steroid dienone is 1. The minimum absolute atomic E-state index is 0.0145. The molecule has 1 aromatic carbocycles. The highest BCUT2D eigenvalue weighted by Gasteiger charge is 2.63. The van der Waals surface area contributed by atoms with Gasteiger partial charge in [0, 0.05) is 48.8 Å². The Morgan fingerprint density at radius 1 is 1.15 bits per heavy atom. The minimum Gasteiger partial charge on any atom is -0.497 e. The molecule has 53 heavy (non-hydrogen) atoms. The molecule has 3 aromatic rings. The third-order valence-corrected chi connectivity index (χ3v) is 13.6. The number of nitrogens with zero attached hydrogens (tertiary/aromatic N) is 4. The monoisotopic (exact) mass is 776 g/mol. The highest BCUT2D eigenvalue weighted by Crippen LogP contribution is 2.48. The minimum atomic E-state index is -4.64. The average Bonchev–Trinajstić information content (AvgIpc) is 3.87. The molecule has 4 aliphatic rings. The fourth-order valence-corrected chi connectivity index (χ4v) is 8.91. The normalized spacial score (nSPS) is 26.6. The number of rotatable bonds is 7. The second kappa shape index (κ2) is 13.4. The van der Waals surface area contributed by atoms with E-state index < -0.39 is 62.2 Å². The summed E-state index contributed by atoms with van der Waals surface area (Å²) in [5.41, 5.74) is -2.10. The van der Waals surface area contributed by atoms with Crippen LogP contribution < -0.4 is 19.5 Å². The number of fused-ring (bicyclic) bond motifs is 3. The Morgan fingerprint density at radius 3 is 2.62 bits per heavy atom. The fraction of sp³-hybridized carbons (Fsp3) is 0.514. The summed E-state index contributed by atoms with van der Waals surface area (Å²) in [6, 6.07) is 4.75. The number of hydrogen-bond acceptors (Lipinski definition) is 10. The topological polar surface area (TPSA) is 160 Å². The van der Waals surface area contributed by atoms with Crippen LogP contribution in [0.5, 0.6) is 11.5 Å². The van der Waals surface area contributed by atoms with E-state index in [4.69, 9.17) is 9.47 Å². The maximum absolute atomic E-state index is 14.2. The molecule has 0 bridgehead atoms. The van der Waals surface area contributed by atoms with Crippen molar-refractivity contribution in [2.24, 2.45) is 5.92 Å². The third kappa shape index (κ3) is 7.14. The largest absolute Gasteiger partial charge is 0.497 e. The Hall–Kier alpha value is -4.45. The summed E-state index contributed by atoms with van der Waals surface area (Å²) in [5.74, 6) is -0.910. The molecule has 0 unspecified atom stereocenters. The van der Waals surface area contributed by atoms with Crippen molar-refractivity contribution in [1.29, 1.82) is 0 Å². The number of carbonyl (C=O) groups is 3. The van der Waals surface area contributed by atoms with Crippen LogP contribution in [0.15, 0.2) is 41.8 Å². The Morgan fingerprint density at radius 2 is 1.92 bits per heavy atom. The first-order valence-corrected chi connectivity index (χ1v) is 19.7. The second-order valence-corrected chi connectivity index (χ2v) is 17.4. The van der Waals surface area contributed by atoms with E-state index in [1.807, 2.05) is 12.2 Å². The predicted molar refractivity (Wildman–Crippen MR) is 189 cm³/mol. The van der Waals surface area contributed by atoms with Gasteiger partial charge in [-0.15, -0.1) is 11.3 Å². The van der Waals surface area contributed by atoms with E-state index in [0.717, 1.165) is 23.1 Å². The zero-order chi connectivity index (χ0) is 37.9. The lowest BCUT2D eigenvalue weighted by atomic mass is 10.1. The number of urea groups is 1. The second-order valence-electron chi connectivity index (χ2n) is 14.3. The van der Waals surface area contributed by atoms with Crippen molar-refractivity contribution in [3.63, 3.8) is 0 Å². The molecule has 3 fully saturated rings. The zero-order valence-corrected chi connectivity index (χ0v) is 30.9. The van der Waals surface area contributed by atoms with Crippen molar-refractivity contribution < 1.29 is 45.4 Å². The average molecular weight is 777 g/mol. The molecule has 2 aliphatic heterocycles. The van der Waals surface area contributed by atoms with Gasteiger partial charge in [-0.05, 0) is 57.6 Å². The number of thiazole rings is 1. The number of sulfonamides is 1. The molecule has 4 atom stereocenters. The predicted octanol–water partition coefficient (Wildman–Crippen LogP) is 4.87. The Balaban J connectivity index is 1.20. The quantitative estimate of drug-likeness (QED) is 0.319. The highest BCUT2D eigenvalue weighted by atomic mass is 32.2. The summed E-state index contributed by atoms with van der Waals surface area (Å²) in [7, 11) is -0.872. The standard InChI is InChI=1S/C35H39F3N6O7S2/c1-33(11-12-33)53(48,49)42-31(46)34-17-20(34)8-6-4-5-7-13-43(2)30(45)26-15-22(18-44(26)32(47)41-34)51-27-16-25(29-40-28(19-52-29)35(36,37)38)39-24-14-21(50-3)9-10-23(24)27/h6,8-10,14,16,19-20,22,26H,4-5,7,11-13,15,17-18H2,1-3H3,(H,41,47)(H,42,46)/b8-6-/t20-,22+,26+,34-/m1/s1. The summed E-state index contributed by atoms with van der Waals surface area (Å²) >= 11 is 0.779. The number of carbonyl (C=O) groups excluding carboxylic acids is 3. The molecule has 7 rings (SSSR count). The van der Waals surface area contributed by atoms with E-state index in [2.05, 4.69) is 20.0 Å². The molecule has 0 spiro atoms. The lowest BCUT2D eigenvalue weighted by Gasteiger charge is -2.30. The first-order valence-electron chi connectivity index (χ1n) is 17.3. The van der Waals surface area contributed by atoms with Crippen LogP contribution in [0.25, 0.3) is 21.6 Å². The summed E-state index contributed by atoms with van der Waals surface area (Å²) in [4.78, 5) is 52.9. The SMILES string of the molecule is COc1ccc2c(O[C@H]3C[C@H]4C(=O)N(C)CCCC/C=C\[C@@H]5C[C@@]5(C(=O)NS(=O)(=O)C5(C)CC5)NC(=O)N4C3)cc(-c3nc(C(F)(F)F)cs3)nc2c1. The number of likely N-dealkylation sites (N-methyl/N-ethyl adjacent to an activating group) is 1. The van der Waals surface area contributed by atoms with Gasteiger partial charge in [0.2, 0.25) is 15.9 Å². The Bertz CT molecular complexity index is 2100. The number of hydrogen-bond donors (Lipinski definition) is 2. The number of methoxy groups -OCH3 is 1. The van der Waals surface area contributed by atoms with Gasteiger partial charge < -0.3 is 24.6 Å². The van der Waals surface area contributed by atoms with E-state index in [1.54, 1.807) is 37.1 Å². The Kier molecular flexibility index (Phi) is 9.36. The third-order valence-electron chi connectivity index (χ3n) is 10.5. The van der Waals surface area contributed by atoms with E-state index in [9.17, 15) is 36.0 Å². The first kappa shape index (κ1) is 36.9. The van der Waals surface area contributed by atoms with Gasteiger partial charge in [0.05, 0.1) is 23.9 Å². The number of benzene rings is 1. The maximum atomic E-state index is 14.2. The van der Waals surface area contributed by atoms with Crippen LogP contribution in [0.1, 0.15) is 57.6 Å². The van der Waals surface area contributed by atoms with Crippen LogP contribution in [0.4, 0.5) is 18.0 Å². The van der Waals surface area contributed by atoms with Crippen LogP contribution in [0.3, 0.4) is 0 Å². The highest BCUT2D eigenvalue weighted by molar-refractivity contribution is 7.91. The molecule has 284 valence electrons. The van der Waals surface area contributed by atoms with E-state index >= 15 is 0 Å². The van der Waals surface area contributed by atoms with Gasteiger partial charge in [0.1, 0.15) is 39.9 Å². The van der Waals surface area contributed by atoms with Crippen molar-refractivity contribution in [3.05, 3.63) is 47.5 Å². The summed E-state index contributed by atoms with van der Waals surface area (Å²) in [6.07, 6.45) is 1.57. The molecule has 0 radical (unpaired) electrons. The number of amides is 4. The van der Waals surface area contributed by atoms with Crippen LogP contribution in [0, 0.1) is 5.92 Å². The molecule has 1 saturated heterocycles. The van der Waals surface area contributed by atoms with Crippen LogP contribution >= 0.6 is 11.3 Å². The molecule has 2 aliphatic carbocycles. The van der Waals surface area contributed by atoms with E-state index in [-0.39, 0.29) is 41.7 Å². The van der Waals surface area contributed by atoms with Crippen LogP contribution in [-0.2, 0) is 25.8 Å². The zero-order valence-electron chi connectivity index (χ0n) is 29.2. The number of halogens is 3. The van der Waals surface area contributed by atoms with Gasteiger partial charge in [-0.3, -0.25) is 14.3 Å². The number of pyridine rings is 1. The number of alkyl halides is 3. The molecule has 2 N–H and O–H groups in total. The molecule has 2 saturated carbocycles. The fourth-order valence-electron chi connectivity index (χ4n) is 6.81. The molecule has 4 heterocycles. The Labute approximate surface area is 308 Å². The molecular weight excluding hydrogens is 738 g/mol. The summed E-state index contributed by atoms with van der Waals surface area (Å²) < 4.78 is 79.4. The molecular formula is C35H39F3N6O7S2. The van der Waals surface area contributed by atoms with Crippen molar-refractivity contribution in [1.82, 2.24) is 29.8 Å². The molecule has 2 aromatic heterocycles. The lowest BCUT2D eigenvalue weighted by Crippen LogP contribution is -2.58. The number of nitrogens with one attached hydrogen (secondary N) is 2. The van der Waals surface area contributed by atoms with Crippen molar-refractivity contribution in [2.75, 3.05) is 27.2 Å². The van der Waals surface area contributed by atoms with Gasteiger partial charge in [-0.25, -0.2) is 23.2 Å². The molecule has 18 heteroatoms. The van der Waals surface area contributed by atoms with Crippen molar-refractivity contribution in [3.8, 4) is 22.2 Å². The number of ether oxygens (including phenoxy) is 2. The van der Waals surface area contributed by atoms with Gasteiger partial charge in [-0.2, -0.15) is 13.2 Å². The lowest BCUT2D eigenvalue weighted by molar-refractivity contribution is -0.140. The van der Waals surface area contributed by atoms with E-state index in [1.165, 1.54) is 18.1 Å². The smallest absolute Gasteiger partial charge is 0.434 e. The van der Waals surface area contributed by atoms with Crippen molar-refractivity contribution >= 4 is 50.1 Å². The van der Waals surface area contributed by atoms with E-state index in [0.29, 0.717) is 48.9 Å². The van der Waals surface area contributed by atoms with Crippen LogP contribution in [-0.4, -0.2) is 95.7 Å². The van der Waals surface area contributed by atoms with Crippen LogP contribution in [0.2, 0.25) is 0 Å². The molecule has 13 nitrogen and oxygen atoms in total. The summed E-state index contributed by atoms with van der Waals surface area (Å²) in [5, 5.41) is 4.24. The van der Waals surface area contributed by atoms with Gasteiger partial charge in [-0.1, -0.05) is 12.2 Å². The maximum Gasteiger partial charge on any atom is 0.434 e. The van der Waals surface area contributed by atoms with Gasteiger partial charge in [0.25, 0.3) is 5.91 Å².